The third-order valence-electron chi connectivity index (χ3n) is 12.7. The van der Waals surface area contributed by atoms with Crippen molar-refractivity contribution in [3.63, 3.8) is 0 Å². The number of hydrogen-bond acceptors (Lipinski definition) is 17. The Labute approximate surface area is 461 Å². The van der Waals surface area contributed by atoms with Crippen molar-refractivity contribution in [3.05, 3.63) is 168 Å². The number of hydrogen-bond donors (Lipinski definition) is 3. The third-order valence-corrected chi connectivity index (χ3v) is 21.1. The smallest absolute Gasteiger partial charge is 0.497 e. The lowest BCUT2D eigenvalue weighted by molar-refractivity contribution is -0.384. The minimum atomic E-state index is -5.78. The minimum absolute atomic E-state index is 0.0497. The lowest BCUT2D eigenvalue weighted by Gasteiger charge is -2.33. The van der Waals surface area contributed by atoms with Crippen LogP contribution in [0.4, 0.5) is 30.2 Å². The van der Waals surface area contributed by atoms with Crippen molar-refractivity contribution < 1.29 is 62.6 Å². The number of benzene rings is 4. The number of methoxy groups -OCH3 is 1. The molecule has 2 fully saturated rings. The largest absolute Gasteiger partial charge is 0.501 e. The quantitative estimate of drug-likeness (QED) is 0.0488. The zero-order valence-electron chi connectivity index (χ0n) is 42.0. The molecule has 0 aliphatic carbocycles. The van der Waals surface area contributed by atoms with Crippen molar-refractivity contribution in [1.29, 1.82) is 0 Å². The number of non-ortho nitro benzene ring substituents is 1. The van der Waals surface area contributed by atoms with Crippen molar-refractivity contribution in [2.75, 3.05) is 58.2 Å². The van der Waals surface area contributed by atoms with Gasteiger partial charge < -0.3 is 25.6 Å². The molecule has 0 saturated carbocycles. The number of nitrogens with zero attached hydrogens (tertiary/aromatic N) is 5. The van der Waals surface area contributed by atoms with E-state index in [4.69, 9.17) is 4.74 Å². The van der Waals surface area contributed by atoms with E-state index in [1.807, 2.05) is 18.2 Å². The van der Waals surface area contributed by atoms with Crippen LogP contribution >= 0.6 is 22.7 Å². The molecule has 3 N–H and O–H groups in total. The molecule has 6 aromatic rings. The number of amides is 2. The van der Waals surface area contributed by atoms with Crippen LogP contribution in [-0.4, -0.2) is 125 Å². The second kappa shape index (κ2) is 25.9. The zero-order valence-corrected chi connectivity index (χ0v) is 46.1. The number of aryl methyl sites for hydroxylation is 1. The summed E-state index contributed by atoms with van der Waals surface area (Å²) in [6.45, 7) is 3.57. The predicted octanol–water partition coefficient (Wildman–Crippen LogP) is 7.68. The first kappa shape index (κ1) is 59.8. The molecule has 0 unspecified atom stereocenters. The minimum Gasteiger partial charge on any atom is -0.497 e. The fourth-order valence-electron chi connectivity index (χ4n) is 8.39. The van der Waals surface area contributed by atoms with Crippen LogP contribution in [0.5, 0.6) is 5.75 Å². The number of nitro groups is 2. The molecular weight excluding hydrogens is 1140 g/mol. The SMILES string of the molecule is COc1cccc(C(=O)NCc2ccc(S(=O)(=O)N3CCC(Nc4ccc(S(=O)(=O)C(F)(F)F)cc4[N+](=O)[O-])CC3)s2)c1.O=C(NCc1ccc(S(=O)(=O)N2CCN(CCCc3ccccc3)CC2)s1)c1cccc([N+](=O)[O-])c1. The van der Waals surface area contributed by atoms with E-state index in [-0.39, 0.29) is 70.3 Å². The summed E-state index contributed by atoms with van der Waals surface area (Å²) in [4.78, 5) is 48.0. The monoisotopic (exact) mass is 1190 g/mol. The summed E-state index contributed by atoms with van der Waals surface area (Å²) in [5, 5.41) is 30.7. The van der Waals surface area contributed by atoms with Crippen LogP contribution in [0.1, 0.15) is 55.3 Å². The van der Waals surface area contributed by atoms with E-state index in [9.17, 15) is 68.2 Å². The van der Waals surface area contributed by atoms with Crippen LogP contribution in [-0.2, 0) is 49.4 Å². The summed E-state index contributed by atoms with van der Waals surface area (Å²) < 4.78 is 123. The molecule has 2 aromatic heterocycles. The van der Waals surface area contributed by atoms with Gasteiger partial charge in [-0.2, -0.15) is 21.8 Å². The number of nitro benzene ring substituents is 2. The highest BCUT2D eigenvalue weighted by molar-refractivity contribution is 7.92. The topological polar surface area (TPSA) is 278 Å². The first-order valence-corrected chi connectivity index (χ1v) is 30.2. The Bertz CT molecular complexity index is 3500. The average Bonchev–Trinajstić information content (AvgIpc) is 4.17. The zero-order chi connectivity index (χ0) is 57.1. The third kappa shape index (κ3) is 15.3. The molecule has 4 heterocycles. The number of thiophene rings is 2. The molecule has 2 aliphatic heterocycles. The number of anilines is 1. The Kier molecular flexibility index (Phi) is 19.6. The molecule has 0 atom stereocenters. The van der Waals surface area contributed by atoms with E-state index in [0.717, 1.165) is 48.1 Å². The highest BCUT2D eigenvalue weighted by atomic mass is 32.3. The Hall–Kier alpha value is -6.86. The molecule has 21 nitrogen and oxygen atoms in total. The number of sulfonamides is 2. The van der Waals surface area contributed by atoms with Gasteiger partial charge in [0.05, 0.1) is 34.9 Å². The number of carbonyl (C=O) groups excluding carboxylic acids is 2. The van der Waals surface area contributed by atoms with Crippen LogP contribution in [0.3, 0.4) is 0 Å². The molecular formula is C50H53F3N8O13S5. The first-order valence-electron chi connectivity index (χ1n) is 24.2. The van der Waals surface area contributed by atoms with Gasteiger partial charge in [-0.05, 0) is 98.5 Å². The van der Waals surface area contributed by atoms with Crippen LogP contribution < -0.4 is 20.7 Å². The van der Waals surface area contributed by atoms with Crippen LogP contribution in [0.15, 0.2) is 135 Å². The van der Waals surface area contributed by atoms with Gasteiger partial charge in [0, 0.05) is 84.4 Å². The van der Waals surface area contributed by atoms with Gasteiger partial charge in [0.15, 0.2) is 0 Å². The maximum atomic E-state index is 13.2. The number of ether oxygens (including phenoxy) is 1. The van der Waals surface area contributed by atoms with Gasteiger partial charge in [-0.25, -0.2) is 25.3 Å². The van der Waals surface area contributed by atoms with E-state index < -0.39 is 67.8 Å². The lowest BCUT2D eigenvalue weighted by atomic mass is 10.1. The maximum absolute atomic E-state index is 13.2. The summed E-state index contributed by atoms with van der Waals surface area (Å²) in [5.74, 6) is -0.299. The van der Waals surface area contributed by atoms with Crippen LogP contribution in [0.2, 0.25) is 0 Å². The molecule has 2 saturated heterocycles. The summed E-state index contributed by atoms with van der Waals surface area (Å²) in [6.07, 6.45) is 2.48. The maximum Gasteiger partial charge on any atom is 0.501 e. The Balaban J connectivity index is 0.000000232. The Morgan fingerprint density at radius 3 is 1.77 bits per heavy atom. The van der Waals surface area contributed by atoms with Crippen molar-refractivity contribution in [3.8, 4) is 5.75 Å². The molecule has 79 heavy (non-hydrogen) atoms. The molecule has 4 aromatic carbocycles. The van der Waals surface area contributed by atoms with Crippen molar-refractivity contribution in [2.45, 2.75) is 63.6 Å². The number of piperidine rings is 1. The number of nitrogens with one attached hydrogen (secondary N) is 3. The molecule has 2 aliphatic rings. The fraction of sp³-hybridized carbons (Fsp3) is 0.320. The number of rotatable bonds is 20. The number of halogens is 3. The first-order chi connectivity index (χ1) is 37.5. The average molecular weight is 1190 g/mol. The standard InChI is InChI=1S/C25H25F3N4O8S3.C25H28N4O5S2/c1-40-18-4-2-3-16(13-18)24(33)29-15-19-5-8-23(41-19)43(38,39)31-11-9-17(10-12-31)30-21-7-6-20(14-22(21)32(34)35)42(36,37)25(26,27)28;30-25(21-9-4-10-22(18-21)29(31)32)26-19-23-11-12-24(35-23)36(33,34)28-16-14-27(15-17-28)13-5-8-20-6-2-1-3-7-20/h2-8,13-14,17,30H,9-12,15H2,1H3,(H,29,33);1-4,6-7,9-12,18H,5,8,13-17,19H2,(H,26,30). The summed E-state index contributed by atoms with van der Waals surface area (Å²) in [6, 6.07) is 30.1. The summed E-state index contributed by atoms with van der Waals surface area (Å²) in [7, 11) is -11.8. The predicted molar refractivity (Wildman–Crippen MR) is 289 cm³/mol. The second-order valence-electron chi connectivity index (χ2n) is 17.9. The highest BCUT2D eigenvalue weighted by Crippen LogP contribution is 2.36. The summed E-state index contributed by atoms with van der Waals surface area (Å²) in [5.41, 5.74) is -4.96. The Morgan fingerprint density at radius 1 is 0.671 bits per heavy atom. The molecule has 0 spiro atoms. The van der Waals surface area contributed by atoms with Gasteiger partial charge in [-0.1, -0.05) is 42.5 Å². The fourth-order valence-corrected chi connectivity index (χ4v) is 15.0. The summed E-state index contributed by atoms with van der Waals surface area (Å²) >= 11 is 2.13. The van der Waals surface area contributed by atoms with Crippen LogP contribution in [0, 0.1) is 20.2 Å². The van der Waals surface area contributed by atoms with Gasteiger partial charge in [0.25, 0.3) is 53.1 Å². The Morgan fingerprint density at radius 2 is 1.23 bits per heavy atom. The van der Waals surface area contributed by atoms with E-state index in [2.05, 4.69) is 33.0 Å². The molecule has 2 amide bonds. The van der Waals surface area contributed by atoms with Gasteiger partial charge in [-0.15, -0.1) is 22.7 Å². The molecule has 422 valence electrons. The van der Waals surface area contributed by atoms with Crippen molar-refractivity contribution in [1.82, 2.24) is 24.1 Å². The number of piperazine rings is 1. The molecule has 0 bridgehead atoms. The number of carbonyl (C=O) groups is 2. The number of alkyl halides is 3. The van der Waals surface area contributed by atoms with Gasteiger partial charge >= 0.3 is 5.51 Å². The van der Waals surface area contributed by atoms with E-state index in [1.54, 1.807) is 42.5 Å². The molecule has 0 radical (unpaired) electrons. The lowest BCUT2D eigenvalue weighted by Crippen LogP contribution is -2.48. The van der Waals surface area contributed by atoms with Gasteiger partial charge in [0.2, 0.25) is 0 Å². The van der Waals surface area contributed by atoms with E-state index in [1.165, 1.54) is 51.6 Å². The van der Waals surface area contributed by atoms with E-state index >= 15 is 0 Å². The normalized spacial score (nSPS) is 15.1. The van der Waals surface area contributed by atoms with Crippen LogP contribution in [0.25, 0.3) is 0 Å². The molecule has 29 heteroatoms. The highest BCUT2D eigenvalue weighted by Gasteiger charge is 2.47. The second-order valence-corrected chi connectivity index (χ2v) is 26.5. The van der Waals surface area contributed by atoms with Gasteiger partial charge in [-0.3, -0.25) is 29.8 Å². The molecule has 8 rings (SSSR count). The number of sulfone groups is 1. The van der Waals surface area contributed by atoms with Gasteiger partial charge in [0.1, 0.15) is 19.9 Å². The van der Waals surface area contributed by atoms with Crippen molar-refractivity contribution in [2.24, 2.45) is 0 Å². The van der Waals surface area contributed by atoms with Crippen molar-refractivity contribution >= 4 is 81.4 Å². The van der Waals surface area contributed by atoms with E-state index in [0.29, 0.717) is 59.4 Å².